The molecule has 0 heterocycles. The lowest BCUT2D eigenvalue weighted by atomic mass is 10.1. The summed E-state index contributed by atoms with van der Waals surface area (Å²) >= 11 is 0. The average molecular weight is 488 g/mol. The second kappa shape index (κ2) is 12.6. The van der Waals surface area contributed by atoms with Crippen molar-refractivity contribution in [2.45, 2.75) is 59.0 Å². The van der Waals surface area contributed by atoms with Gasteiger partial charge in [-0.05, 0) is 56.4 Å². The molecule has 2 aromatic rings. The van der Waals surface area contributed by atoms with Gasteiger partial charge >= 0.3 is 0 Å². The van der Waals surface area contributed by atoms with E-state index in [0.29, 0.717) is 25.1 Å². The van der Waals surface area contributed by atoms with Crippen LogP contribution in [0.25, 0.3) is 0 Å². The summed E-state index contributed by atoms with van der Waals surface area (Å²) in [5, 5.41) is 2.89. The molecule has 0 aliphatic rings. The first-order valence-corrected chi connectivity index (χ1v) is 13.6. The Labute approximate surface area is 204 Å². The first-order valence-electron chi connectivity index (χ1n) is 11.8. The van der Waals surface area contributed by atoms with Crippen LogP contribution in [0.5, 0.6) is 0 Å². The molecule has 0 spiro atoms. The Morgan fingerprint density at radius 3 is 2.06 bits per heavy atom. The van der Waals surface area contributed by atoms with E-state index in [4.69, 9.17) is 0 Å². The molecule has 0 radical (unpaired) electrons. The second-order valence-electron chi connectivity index (χ2n) is 8.70. The number of carbonyl (C=O) groups excluding carboxylic acids is 2. The van der Waals surface area contributed by atoms with Crippen LogP contribution in [0.4, 0.5) is 5.69 Å². The number of hydrogen-bond acceptors (Lipinski definition) is 4. The zero-order valence-electron chi connectivity index (χ0n) is 20.8. The van der Waals surface area contributed by atoms with Gasteiger partial charge in [-0.25, -0.2) is 8.42 Å². The van der Waals surface area contributed by atoms with Crippen LogP contribution in [-0.2, 0) is 32.5 Å². The van der Waals surface area contributed by atoms with E-state index in [2.05, 4.69) is 5.32 Å². The van der Waals surface area contributed by atoms with Gasteiger partial charge < -0.3 is 10.2 Å². The van der Waals surface area contributed by atoms with Gasteiger partial charge in [0, 0.05) is 12.6 Å². The minimum atomic E-state index is -3.72. The van der Waals surface area contributed by atoms with Crippen LogP contribution in [0.3, 0.4) is 0 Å². The number of nitrogens with zero attached hydrogens (tertiary/aromatic N) is 2. The Hall–Kier alpha value is -2.87. The summed E-state index contributed by atoms with van der Waals surface area (Å²) in [6, 6.07) is 16.1. The van der Waals surface area contributed by atoms with Crippen LogP contribution in [0.15, 0.2) is 54.6 Å². The van der Waals surface area contributed by atoms with Crippen molar-refractivity contribution in [3.05, 3.63) is 65.7 Å². The Bertz CT molecular complexity index is 1040. The number of carbonyl (C=O) groups is 2. The molecule has 0 saturated carbocycles. The quantitative estimate of drug-likeness (QED) is 0.497. The summed E-state index contributed by atoms with van der Waals surface area (Å²) in [5.74, 6) is -0.649. The van der Waals surface area contributed by atoms with Crippen molar-refractivity contribution < 1.29 is 18.0 Å². The van der Waals surface area contributed by atoms with Crippen LogP contribution in [-0.4, -0.2) is 56.6 Å². The Morgan fingerprint density at radius 2 is 1.56 bits per heavy atom. The van der Waals surface area contributed by atoms with Crippen molar-refractivity contribution in [1.29, 1.82) is 0 Å². The summed E-state index contributed by atoms with van der Waals surface area (Å²) in [5.41, 5.74) is 2.54. The minimum absolute atomic E-state index is 0.0720. The highest BCUT2D eigenvalue weighted by Crippen LogP contribution is 2.20. The summed E-state index contributed by atoms with van der Waals surface area (Å²) in [7, 11) is -3.72. The normalized spacial score (nSPS) is 12.3. The van der Waals surface area contributed by atoms with Gasteiger partial charge in [0.25, 0.3) is 0 Å². The smallest absolute Gasteiger partial charge is 0.244 e. The number of aryl methyl sites for hydroxylation is 1. The van der Waals surface area contributed by atoms with Crippen molar-refractivity contribution in [3.8, 4) is 0 Å². The maximum absolute atomic E-state index is 13.5. The van der Waals surface area contributed by atoms with Crippen molar-refractivity contribution in [3.63, 3.8) is 0 Å². The van der Waals surface area contributed by atoms with Gasteiger partial charge in [-0.1, -0.05) is 56.3 Å². The molecule has 7 nitrogen and oxygen atoms in total. The van der Waals surface area contributed by atoms with Crippen molar-refractivity contribution >= 4 is 27.5 Å². The van der Waals surface area contributed by atoms with Crippen LogP contribution in [0.2, 0.25) is 0 Å². The molecule has 0 aliphatic carbocycles. The fraction of sp³-hybridized carbons (Fsp3) is 0.462. The topological polar surface area (TPSA) is 86.8 Å². The van der Waals surface area contributed by atoms with E-state index >= 15 is 0 Å². The molecular formula is C26H37N3O4S. The van der Waals surface area contributed by atoms with E-state index in [-0.39, 0.29) is 18.5 Å². The first-order chi connectivity index (χ1) is 16.1. The van der Waals surface area contributed by atoms with Gasteiger partial charge in [0.1, 0.15) is 12.6 Å². The van der Waals surface area contributed by atoms with E-state index in [1.54, 1.807) is 12.1 Å². The molecule has 0 saturated heterocycles. The zero-order valence-corrected chi connectivity index (χ0v) is 21.6. The van der Waals surface area contributed by atoms with Crippen LogP contribution in [0.1, 0.15) is 45.2 Å². The SMILES string of the molecule is CCc1ccc(N(CC(=O)N(CCc2ccccc2)[C@H](CC)C(=O)NC(C)C)S(C)(=O)=O)cc1. The maximum atomic E-state index is 13.5. The zero-order chi connectivity index (χ0) is 25.3. The highest BCUT2D eigenvalue weighted by molar-refractivity contribution is 7.92. The van der Waals surface area contributed by atoms with E-state index in [0.717, 1.165) is 28.1 Å². The van der Waals surface area contributed by atoms with Gasteiger partial charge in [0.15, 0.2) is 0 Å². The molecule has 2 aromatic carbocycles. The number of anilines is 1. The fourth-order valence-corrected chi connectivity index (χ4v) is 4.64. The number of amides is 2. The third kappa shape index (κ3) is 7.87. The number of rotatable bonds is 12. The molecule has 1 atom stereocenters. The molecule has 186 valence electrons. The third-order valence-corrected chi connectivity index (χ3v) is 6.75. The molecule has 8 heteroatoms. The van der Waals surface area contributed by atoms with E-state index in [1.807, 2.05) is 70.2 Å². The largest absolute Gasteiger partial charge is 0.352 e. The Balaban J connectivity index is 2.35. The summed E-state index contributed by atoms with van der Waals surface area (Å²) in [4.78, 5) is 28.0. The van der Waals surface area contributed by atoms with E-state index < -0.39 is 22.0 Å². The van der Waals surface area contributed by atoms with Crippen LogP contribution >= 0.6 is 0 Å². The van der Waals surface area contributed by atoms with E-state index in [1.165, 1.54) is 4.90 Å². The monoisotopic (exact) mass is 487 g/mol. The molecule has 1 N–H and O–H groups in total. The molecule has 0 aromatic heterocycles. The van der Waals surface area contributed by atoms with E-state index in [9.17, 15) is 18.0 Å². The highest BCUT2D eigenvalue weighted by Gasteiger charge is 2.31. The van der Waals surface area contributed by atoms with Gasteiger partial charge in [-0.3, -0.25) is 13.9 Å². The van der Waals surface area contributed by atoms with Crippen LogP contribution < -0.4 is 9.62 Å². The Morgan fingerprint density at radius 1 is 0.941 bits per heavy atom. The third-order valence-electron chi connectivity index (χ3n) is 5.61. The summed E-state index contributed by atoms with van der Waals surface area (Å²) in [6.07, 6.45) is 2.89. The second-order valence-corrected chi connectivity index (χ2v) is 10.6. The Kier molecular flexibility index (Phi) is 10.1. The highest BCUT2D eigenvalue weighted by atomic mass is 32.2. The van der Waals surface area contributed by atoms with Crippen LogP contribution in [0, 0.1) is 0 Å². The van der Waals surface area contributed by atoms with Crippen molar-refractivity contribution in [2.24, 2.45) is 0 Å². The average Bonchev–Trinajstić information content (AvgIpc) is 2.79. The molecule has 0 aliphatic heterocycles. The molecule has 0 unspecified atom stereocenters. The molecule has 2 amide bonds. The van der Waals surface area contributed by atoms with Gasteiger partial charge in [-0.15, -0.1) is 0 Å². The molecule has 0 fully saturated rings. The molecule has 2 rings (SSSR count). The number of nitrogens with one attached hydrogen (secondary N) is 1. The minimum Gasteiger partial charge on any atom is -0.352 e. The fourth-order valence-electron chi connectivity index (χ4n) is 3.79. The predicted octanol–water partition coefficient (Wildman–Crippen LogP) is 3.39. The summed E-state index contributed by atoms with van der Waals surface area (Å²) < 4.78 is 26.3. The predicted molar refractivity (Wildman–Crippen MR) is 137 cm³/mol. The lowest BCUT2D eigenvalue weighted by Crippen LogP contribution is -2.54. The lowest BCUT2D eigenvalue weighted by Gasteiger charge is -2.33. The standard InChI is InChI=1S/C26H37N3O4S/c1-6-21-13-15-23(16-14-21)29(34(5,32)33)19-25(30)28(18-17-22-11-9-8-10-12-22)24(7-2)26(31)27-20(3)4/h8-16,20,24H,6-7,17-19H2,1-5H3,(H,27,31)/t24-/m1/s1. The number of benzene rings is 2. The number of sulfonamides is 1. The van der Waals surface area contributed by atoms with Gasteiger partial charge in [0.05, 0.1) is 11.9 Å². The lowest BCUT2D eigenvalue weighted by molar-refractivity contribution is -0.139. The number of hydrogen-bond donors (Lipinski definition) is 1. The van der Waals surface area contributed by atoms with Crippen molar-refractivity contribution in [2.75, 3.05) is 23.7 Å². The van der Waals surface area contributed by atoms with Crippen molar-refractivity contribution in [1.82, 2.24) is 10.2 Å². The maximum Gasteiger partial charge on any atom is 0.244 e. The molecule has 34 heavy (non-hydrogen) atoms. The first kappa shape index (κ1) is 27.4. The molecular weight excluding hydrogens is 450 g/mol. The van der Waals surface area contributed by atoms with Gasteiger partial charge in [-0.2, -0.15) is 0 Å². The summed E-state index contributed by atoms with van der Waals surface area (Å²) in [6.45, 7) is 7.54. The van der Waals surface area contributed by atoms with Gasteiger partial charge in [0.2, 0.25) is 21.8 Å². The molecule has 0 bridgehead atoms.